The monoisotopic (exact) mass is 513 g/mol. The minimum Gasteiger partial charge on any atom is -0.458 e. The van der Waals surface area contributed by atoms with Crippen LogP contribution in [0.2, 0.25) is 10.0 Å². The maximum atomic E-state index is 12.9. The molecule has 3 rings (SSSR count). The summed E-state index contributed by atoms with van der Waals surface area (Å²) in [6, 6.07) is 16.0. The summed E-state index contributed by atoms with van der Waals surface area (Å²) in [5.74, 6) is -1.58. The first kappa shape index (κ1) is 25.4. The van der Waals surface area contributed by atoms with Crippen molar-refractivity contribution in [2.24, 2.45) is 0 Å². The summed E-state index contributed by atoms with van der Waals surface area (Å²) in [5.41, 5.74) is 2.22. The standard InChI is InChI=1S/C25H21Cl2N3O3S/c1-3-11-33-25(32)22-15(2)29-24(19(13-28)23(22)18-9-4-5-10-20(18)27)34-14-21(31)30-17-8-6-7-16(26)12-17/h3-10,12,23,29H,1,11,14H2,2H3,(H,30,31). The van der Waals surface area contributed by atoms with Crippen LogP contribution < -0.4 is 10.6 Å². The zero-order valence-electron chi connectivity index (χ0n) is 18.2. The number of hydrogen-bond donors (Lipinski definition) is 2. The molecule has 1 unspecified atom stereocenters. The Morgan fingerprint density at radius 2 is 2.03 bits per heavy atom. The first-order chi connectivity index (χ1) is 16.3. The van der Waals surface area contributed by atoms with Crippen molar-refractivity contribution in [2.75, 3.05) is 17.7 Å². The summed E-state index contributed by atoms with van der Waals surface area (Å²) in [6.07, 6.45) is 1.47. The Bertz CT molecular complexity index is 1230. The molecule has 1 aliphatic rings. The molecular weight excluding hydrogens is 493 g/mol. The lowest BCUT2D eigenvalue weighted by molar-refractivity contribution is -0.138. The molecule has 9 heteroatoms. The van der Waals surface area contributed by atoms with E-state index in [9.17, 15) is 14.9 Å². The van der Waals surface area contributed by atoms with Crippen LogP contribution in [0, 0.1) is 11.3 Å². The van der Waals surface area contributed by atoms with Crippen molar-refractivity contribution in [3.05, 3.63) is 98.7 Å². The Balaban J connectivity index is 1.92. The normalized spacial score (nSPS) is 15.3. The SMILES string of the molecule is C=CCOC(=O)C1=C(C)NC(SCC(=O)Nc2cccc(Cl)c2)=C(C#N)C1c1ccccc1Cl. The molecule has 0 bridgehead atoms. The number of ether oxygens (including phenoxy) is 1. The molecule has 1 heterocycles. The van der Waals surface area contributed by atoms with Crippen LogP contribution in [0.3, 0.4) is 0 Å². The third-order valence-corrected chi connectivity index (χ3v) is 6.47. The fourth-order valence-electron chi connectivity index (χ4n) is 3.43. The summed E-state index contributed by atoms with van der Waals surface area (Å²) in [4.78, 5) is 25.4. The number of anilines is 1. The smallest absolute Gasteiger partial charge is 0.337 e. The van der Waals surface area contributed by atoms with E-state index in [0.717, 1.165) is 11.8 Å². The number of nitrogens with zero attached hydrogens (tertiary/aromatic N) is 1. The first-order valence-electron chi connectivity index (χ1n) is 10.2. The van der Waals surface area contributed by atoms with Gasteiger partial charge in [0, 0.05) is 21.4 Å². The van der Waals surface area contributed by atoms with Gasteiger partial charge in [0.15, 0.2) is 0 Å². The average molecular weight is 514 g/mol. The quantitative estimate of drug-likeness (QED) is 0.342. The number of nitriles is 1. The molecule has 0 saturated carbocycles. The van der Waals surface area contributed by atoms with Crippen LogP contribution in [0.1, 0.15) is 18.4 Å². The Morgan fingerprint density at radius 3 is 2.71 bits per heavy atom. The molecule has 0 radical (unpaired) electrons. The Kier molecular flexibility index (Phi) is 8.83. The largest absolute Gasteiger partial charge is 0.458 e. The molecule has 0 fully saturated rings. The summed E-state index contributed by atoms with van der Waals surface area (Å²) in [5, 5.41) is 17.3. The second-order valence-corrected chi connectivity index (χ2v) is 9.04. The zero-order chi connectivity index (χ0) is 24.7. The highest BCUT2D eigenvalue weighted by atomic mass is 35.5. The van der Waals surface area contributed by atoms with Crippen LogP contribution in [-0.2, 0) is 14.3 Å². The topological polar surface area (TPSA) is 91.2 Å². The number of dihydropyridines is 1. The van der Waals surface area contributed by atoms with Gasteiger partial charge >= 0.3 is 5.97 Å². The van der Waals surface area contributed by atoms with E-state index in [0.29, 0.717) is 32.0 Å². The average Bonchev–Trinajstić information content (AvgIpc) is 2.81. The first-order valence-corrected chi connectivity index (χ1v) is 11.9. The number of rotatable bonds is 8. The molecule has 0 aliphatic carbocycles. The van der Waals surface area contributed by atoms with Crippen molar-refractivity contribution in [1.29, 1.82) is 5.26 Å². The molecule has 2 aromatic rings. The second-order valence-electron chi connectivity index (χ2n) is 7.21. The molecular formula is C25H21Cl2N3O3S. The lowest BCUT2D eigenvalue weighted by atomic mass is 9.82. The second kappa shape index (κ2) is 11.8. The number of allylic oxidation sites excluding steroid dienone is 2. The van der Waals surface area contributed by atoms with Gasteiger partial charge < -0.3 is 15.4 Å². The lowest BCUT2D eigenvalue weighted by Gasteiger charge is -2.29. The van der Waals surface area contributed by atoms with E-state index in [-0.39, 0.29) is 29.4 Å². The molecule has 34 heavy (non-hydrogen) atoms. The summed E-state index contributed by atoms with van der Waals surface area (Å²) < 4.78 is 5.28. The summed E-state index contributed by atoms with van der Waals surface area (Å²) in [6.45, 7) is 5.31. The summed E-state index contributed by atoms with van der Waals surface area (Å²) >= 11 is 13.6. The number of esters is 1. The summed E-state index contributed by atoms with van der Waals surface area (Å²) in [7, 11) is 0. The number of halogens is 2. The van der Waals surface area contributed by atoms with Gasteiger partial charge in [-0.25, -0.2) is 4.79 Å². The van der Waals surface area contributed by atoms with Crippen molar-refractivity contribution in [3.8, 4) is 6.07 Å². The van der Waals surface area contributed by atoms with E-state index < -0.39 is 11.9 Å². The number of thioether (sulfide) groups is 1. The van der Waals surface area contributed by atoms with Crippen molar-refractivity contribution in [2.45, 2.75) is 12.8 Å². The zero-order valence-corrected chi connectivity index (χ0v) is 20.6. The van der Waals surface area contributed by atoms with Crippen LogP contribution in [0.15, 0.2) is 83.1 Å². The van der Waals surface area contributed by atoms with Gasteiger partial charge in [0.25, 0.3) is 0 Å². The number of benzene rings is 2. The van der Waals surface area contributed by atoms with Crippen LogP contribution in [-0.4, -0.2) is 24.2 Å². The maximum Gasteiger partial charge on any atom is 0.337 e. The number of hydrogen-bond acceptors (Lipinski definition) is 6. The van der Waals surface area contributed by atoms with E-state index in [1.165, 1.54) is 6.08 Å². The van der Waals surface area contributed by atoms with Gasteiger partial charge in [-0.05, 0) is 36.8 Å². The van der Waals surface area contributed by atoms with E-state index in [1.54, 1.807) is 55.5 Å². The predicted molar refractivity (Wildman–Crippen MR) is 136 cm³/mol. The number of carbonyl (C=O) groups excluding carboxylic acids is 2. The fraction of sp³-hybridized carbons (Fsp3) is 0.160. The highest BCUT2D eigenvalue weighted by Gasteiger charge is 2.36. The molecule has 1 atom stereocenters. The van der Waals surface area contributed by atoms with Crippen molar-refractivity contribution >= 4 is 52.5 Å². The minimum absolute atomic E-state index is 0.0266. The molecule has 0 spiro atoms. The highest BCUT2D eigenvalue weighted by molar-refractivity contribution is 8.03. The van der Waals surface area contributed by atoms with Crippen LogP contribution >= 0.6 is 35.0 Å². The minimum atomic E-state index is -0.754. The molecule has 2 N–H and O–H groups in total. The van der Waals surface area contributed by atoms with Crippen LogP contribution in [0.25, 0.3) is 0 Å². The van der Waals surface area contributed by atoms with Gasteiger partial charge in [-0.3, -0.25) is 4.79 Å². The van der Waals surface area contributed by atoms with Crippen molar-refractivity contribution in [3.63, 3.8) is 0 Å². The fourth-order valence-corrected chi connectivity index (χ4v) is 4.76. The predicted octanol–water partition coefficient (Wildman–Crippen LogP) is 5.79. The van der Waals surface area contributed by atoms with Crippen molar-refractivity contribution < 1.29 is 14.3 Å². The molecule has 2 aromatic carbocycles. The third-order valence-electron chi connectivity index (χ3n) is 4.87. The van der Waals surface area contributed by atoms with Gasteiger partial charge in [0.1, 0.15) is 6.61 Å². The number of nitrogens with one attached hydrogen (secondary N) is 2. The third kappa shape index (κ3) is 6.03. The Hall–Kier alpha value is -3.18. The van der Waals surface area contributed by atoms with Crippen molar-refractivity contribution in [1.82, 2.24) is 5.32 Å². The van der Waals surface area contributed by atoms with E-state index in [4.69, 9.17) is 27.9 Å². The Morgan fingerprint density at radius 1 is 1.26 bits per heavy atom. The number of amides is 1. The maximum absolute atomic E-state index is 12.9. The van der Waals surface area contributed by atoms with Crippen LogP contribution in [0.4, 0.5) is 5.69 Å². The van der Waals surface area contributed by atoms with Crippen LogP contribution in [0.5, 0.6) is 0 Å². The molecule has 0 saturated heterocycles. The molecule has 6 nitrogen and oxygen atoms in total. The van der Waals surface area contributed by atoms with E-state index in [1.807, 2.05) is 0 Å². The van der Waals surface area contributed by atoms with E-state index >= 15 is 0 Å². The molecule has 174 valence electrons. The Labute approximate surface area is 212 Å². The molecule has 1 aliphatic heterocycles. The van der Waals surface area contributed by atoms with Gasteiger partial charge in [-0.15, -0.1) is 0 Å². The van der Waals surface area contributed by atoms with Gasteiger partial charge in [0.05, 0.1) is 33.9 Å². The van der Waals surface area contributed by atoms with Gasteiger partial charge in [-0.2, -0.15) is 5.26 Å². The molecule has 1 amide bonds. The van der Waals surface area contributed by atoms with E-state index in [2.05, 4.69) is 23.3 Å². The lowest BCUT2D eigenvalue weighted by Crippen LogP contribution is -2.29. The van der Waals surface area contributed by atoms with Gasteiger partial charge in [-0.1, -0.05) is 71.9 Å². The highest BCUT2D eigenvalue weighted by Crippen LogP contribution is 2.43. The van der Waals surface area contributed by atoms with Gasteiger partial charge in [0.2, 0.25) is 5.91 Å². The molecule has 0 aromatic heterocycles. The number of carbonyl (C=O) groups is 2.